The van der Waals surface area contributed by atoms with Crippen molar-refractivity contribution in [1.29, 1.82) is 0 Å². The number of hydrogen-bond donors (Lipinski definition) is 2. The van der Waals surface area contributed by atoms with Crippen LogP contribution in [0.15, 0.2) is 70.9 Å². The highest BCUT2D eigenvalue weighted by Gasteiger charge is 2.23. The minimum atomic E-state index is -3.57. The second-order valence-electron chi connectivity index (χ2n) is 12.1. The number of thiazole rings is 1. The predicted molar refractivity (Wildman–Crippen MR) is 187 cm³/mol. The molecular weight excluding hydrogens is 694 g/mol. The van der Waals surface area contributed by atoms with E-state index < -0.39 is 32.7 Å². The van der Waals surface area contributed by atoms with Gasteiger partial charge in [-0.25, -0.2) is 18.2 Å². The highest BCUT2D eigenvalue weighted by atomic mass is 35.5. The van der Waals surface area contributed by atoms with Crippen LogP contribution in [0.3, 0.4) is 0 Å². The summed E-state index contributed by atoms with van der Waals surface area (Å²) in [5.74, 6) is -2.05. The summed E-state index contributed by atoms with van der Waals surface area (Å²) in [5, 5.41) is 27.0. The number of nitrogens with one attached hydrogen (secondary N) is 1. The molecule has 4 rings (SSSR count). The van der Waals surface area contributed by atoms with Gasteiger partial charge in [0.15, 0.2) is 21.7 Å². The Morgan fingerprint density at radius 3 is 2.41 bits per heavy atom. The number of ether oxygens (including phenoxy) is 2. The van der Waals surface area contributed by atoms with Crippen LogP contribution in [0.4, 0.5) is 11.4 Å². The van der Waals surface area contributed by atoms with Gasteiger partial charge in [0.05, 0.1) is 27.0 Å². The maximum atomic E-state index is 13.5. The summed E-state index contributed by atoms with van der Waals surface area (Å²) < 4.78 is 37.1. The van der Waals surface area contributed by atoms with Crippen LogP contribution >= 0.6 is 22.9 Å². The van der Waals surface area contributed by atoms with E-state index in [1.807, 2.05) is 26.2 Å². The Hall–Kier alpha value is -4.53. The molecule has 0 saturated carbocycles. The second kappa shape index (κ2) is 15.8. The molecule has 0 aliphatic heterocycles. The van der Waals surface area contributed by atoms with Crippen molar-refractivity contribution in [2.75, 3.05) is 11.1 Å². The van der Waals surface area contributed by atoms with E-state index in [1.165, 1.54) is 59.9 Å². The van der Waals surface area contributed by atoms with E-state index >= 15 is 0 Å². The molecule has 1 aromatic heterocycles. The Labute approximate surface area is 293 Å². The molecule has 1 unspecified atom stereocenters. The zero-order valence-corrected chi connectivity index (χ0v) is 29.7. The number of nitro groups is 1. The molecule has 1 heterocycles. The molecule has 260 valence electrons. The lowest BCUT2D eigenvalue weighted by atomic mass is 9.93. The molecule has 49 heavy (non-hydrogen) atoms. The number of sulfone groups is 1. The Morgan fingerprint density at radius 2 is 1.80 bits per heavy atom. The summed E-state index contributed by atoms with van der Waals surface area (Å²) in [5.41, 5.74) is 1.16. The molecule has 1 atom stereocenters. The number of aliphatic carboxylic acids is 1. The molecule has 0 aliphatic rings. The third-order valence-electron chi connectivity index (χ3n) is 7.35. The molecule has 0 saturated heterocycles. The lowest BCUT2D eigenvalue weighted by molar-refractivity contribution is -0.385. The Balaban J connectivity index is 1.56. The zero-order valence-electron chi connectivity index (χ0n) is 27.3. The average Bonchev–Trinajstić information content (AvgIpc) is 3.53. The number of carboxylic acids is 1. The summed E-state index contributed by atoms with van der Waals surface area (Å²) in [6.45, 7) is 7.64. The number of anilines is 1. The maximum Gasteiger partial charge on any atom is 0.344 e. The van der Waals surface area contributed by atoms with Crippen LogP contribution in [-0.4, -0.2) is 47.2 Å². The van der Waals surface area contributed by atoms with Crippen molar-refractivity contribution in [1.82, 2.24) is 4.98 Å². The minimum Gasteiger partial charge on any atom is -0.479 e. The largest absolute Gasteiger partial charge is 0.479 e. The van der Waals surface area contributed by atoms with Gasteiger partial charge in [0, 0.05) is 33.5 Å². The first-order valence-corrected chi connectivity index (χ1v) is 18.2. The summed E-state index contributed by atoms with van der Waals surface area (Å²) in [4.78, 5) is 41.1. The Bertz CT molecular complexity index is 1940. The lowest BCUT2D eigenvalue weighted by Crippen LogP contribution is -2.26. The molecule has 12 nitrogen and oxygen atoms in total. The van der Waals surface area contributed by atoms with E-state index in [1.54, 1.807) is 19.1 Å². The van der Waals surface area contributed by atoms with Crippen molar-refractivity contribution in [2.45, 2.75) is 70.0 Å². The summed E-state index contributed by atoms with van der Waals surface area (Å²) >= 11 is 7.24. The fourth-order valence-corrected chi connectivity index (χ4v) is 6.97. The second-order valence-corrected chi connectivity index (χ2v) is 15.6. The number of rotatable bonds is 15. The SMILES string of the molecule is CCC(Oc1ccc(CCCS(=O)(=O)c2ccc(Cl)cc2)cc1NC(=O)c1ccc([N+](=O)[O-])c(OCc2nc(C(C)(C)C)cs2)c1)C(=O)O. The first-order chi connectivity index (χ1) is 23.1. The van der Waals surface area contributed by atoms with Gasteiger partial charge in [0.25, 0.3) is 5.91 Å². The Kier molecular flexibility index (Phi) is 12.0. The van der Waals surface area contributed by atoms with E-state index in [0.29, 0.717) is 22.0 Å². The third-order valence-corrected chi connectivity index (χ3v) is 10.2. The van der Waals surface area contributed by atoms with E-state index in [9.17, 15) is 33.2 Å². The first kappa shape index (κ1) is 37.3. The molecule has 0 radical (unpaired) electrons. The van der Waals surface area contributed by atoms with E-state index in [2.05, 4.69) is 10.3 Å². The van der Waals surface area contributed by atoms with Crippen molar-refractivity contribution in [3.8, 4) is 11.5 Å². The summed E-state index contributed by atoms with van der Waals surface area (Å²) in [6.07, 6.45) is -0.484. The van der Waals surface area contributed by atoms with Crippen LogP contribution in [0.5, 0.6) is 11.5 Å². The molecule has 0 bridgehead atoms. The molecule has 0 fully saturated rings. The highest BCUT2D eigenvalue weighted by Crippen LogP contribution is 2.33. The fourth-order valence-electron chi connectivity index (χ4n) is 4.60. The number of hydrogen-bond acceptors (Lipinski definition) is 10. The van der Waals surface area contributed by atoms with Gasteiger partial charge in [-0.05, 0) is 67.3 Å². The monoisotopic (exact) mass is 729 g/mol. The smallest absolute Gasteiger partial charge is 0.344 e. The highest BCUT2D eigenvalue weighted by molar-refractivity contribution is 7.91. The molecule has 2 N–H and O–H groups in total. The van der Waals surface area contributed by atoms with Crippen LogP contribution in [0.2, 0.25) is 5.02 Å². The molecule has 0 aliphatic carbocycles. The van der Waals surface area contributed by atoms with Gasteiger partial charge in [-0.15, -0.1) is 11.3 Å². The van der Waals surface area contributed by atoms with Crippen LogP contribution in [-0.2, 0) is 33.1 Å². The zero-order chi connectivity index (χ0) is 35.9. The number of halogens is 1. The summed E-state index contributed by atoms with van der Waals surface area (Å²) in [7, 11) is -3.57. The number of nitrogens with zero attached hydrogens (tertiary/aromatic N) is 2. The molecular formula is C34H36ClN3O9S2. The fraction of sp³-hybridized carbons (Fsp3) is 0.324. The third kappa shape index (κ3) is 10.00. The number of aryl methyl sites for hydroxylation is 1. The van der Waals surface area contributed by atoms with E-state index in [4.69, 9.17) is 21.1 Å². The predicted octanol–water partition coefficient (Wildman–Crippen LogP) is 7.48. The number of nitro benzene ring substituents is 1. The lowest BCUT2D eigenvalue weighted by Gasteiger charge is -2.18. The van der Waals surface area contributed by atoms with Gasteiger partial charge in [0.2, 0.25) is 0 Å². The van der Waals surface area contributed by atoms with Crippen LogP contribution < -0.4 is 14.8 Å². The van der Waals surface area contributed by atoms with Crippen LogP contribution in [0.25, 0.3) is 0 Å². The van der Waals surface area contributed by atoms with Crippen molar-refractivity contribution < 1.29 is 37.5 Å². The van der Waals surface area contributed by atoms with E-state index in [-0.39, 0.29) is 63.9 Å². The number of benzene rings is 3. The first-order valence-electron chi connectivity index (χ1n) is 15.3. The number of aromatic nitrogens is 1. The summed E-state index contributed by atoms with van der Waals surface area (Å²) in [6, 6.07) is 14.3. The van der Waals surface area contributed by atoms with E-state index in [0.717, 1.165) is 5.69 Å². The standard InChI is InChI=1S/C34H36ClN3O9S2/c1-5-27(33(40)41)47-28-15-8-21(7-6-16-49(44,45)24-12-10-23(35)11-13-24)17-25(28)36-32(39)22-9-14-26(38(42)43)29(18-22)46-19-31-37-30(20-48-31)34(2,3)4/h8-15,17-18,20,27H,5-7,16,19H2,1-4H3,(H,36,39)(H,40,41). The van der Waals surface area contributed by atoms with Crippen molar-refractivity contribution in [3.63, 3.8) is 0 Å². The molecule has 15 heteroatoms. The number of carbonyl (C=O) groups excluding carboxylic acids is 1. The van der Waals surface area contributed by atoms with Crippen LogP contribution in [0, 0.1) is 10.1 Å². The molecule has 0 spiro atoms. The molecule has 3 aromatic carbocycles. The normalized spacial score (nSPS) is 12.3. The number of carbonyl (C=O) groups is 2. The van der Waals surface area contributed by atoms with Gasteiger partial charge in [0.1, 0.15) is 17.4 Å². The van der Waals surface area contributed by atoms with Gasteiger partial charge in [-0.3, -0.25) is 14.9 Å². The van der Waals surface area contributed by atoms with Crippen LogP contribution in [0.1, 0.15) is 67.2 Å². The molecule has 1 amide bonds. The van der Waals surface area contributed by atoms with Crippen molar-refractivity contribution in [3.05, 3.63) is 103 Å². The average molecular weight is 730 g/mol. The van der Waals surface area contributed by atoms with Gasteiger partial charge in [-0.1, -0.05) is 45.4 Å². The quantitative estimate of drug-likeness (QED) is 0.0922. The van der Waals surface area contributed by atoms with Crippen molar-refractivity contribution in [2.24, 2.45) is 0 Å². The van der Waals surface area contributed by atoms with Gasteiger partial charge in [-0.2, -0.15) is 0 Å². The number of amides is 1. The van der Waals surface area contributed by atoms with Crippen molar-refractivity contribution >= 4 is 56.0 Å². The van der Waals surface area contributed by atoms with Gasteiger partial charge >= 0.3 is 11.7 Å². The maximum absolute atomic E-state index is 13.5. The number of carboxylic acid groups (broad SMARTS) is 1. The minimum absolute atomic E-state index is 0.0332. The van der Waals surface area contributed by atoms with Gasteiger partial charge < -0.3 is 19.9 Å². The topological polar surface area (TPSA) is 175 Å². The molecule has 4 aromatic rings. The Morgan fingerprint density at radius 1 is 1.08 bits per heavy atom.